The molecule has 3 aliphatic rings. The van der Waals surface area contributed by atoms with Gasteiger partial charge in [0.1, 0.15) is 0 Å². The summed E-state index contributed by atoms with van der Waals surface area (Å²) >= 11 is 1.48. The van der Waals surface area contributed by atoms with E-state index in [1.165, 1.54) is 24.2 Å². The quantitative estimate of drug-likeness (QED) is 0.771. The molecule has 0 unspecified atom stereocenters. The van der Waals surface area contributed by atoms with Gasteiger partial charge in [0, 0.05) is 44.6 Å². The van der Waals surface area contributed by atoms with Crippen LogP contribution in [0, 0.1) is 5.92 Å². The summed E-state index contributed by atoms with van der Waals surface area (Å²) in [6.07, 6.45) is 5.60. The second-order valence-electron chi connectivity index (χ2n) is 7.95. The molecule has 1 atom stereocenters. The van der Waals surface area contributed by atoms with E-state index < -0.39 is 0 Å². The van der Waals surface area contributed by atoms with Crippen molar-refractivity contribution in [3.8, 4) is 0 Å². The summed E-state index contributed by atoms with van der Waals surface area (Å²) in [5.41, 5.74) is 0. The number of amides is 2. The number of hydrogen-bond acceptors (Lipinski definition) is 7. The molecule has 0 spiro atoms. The number of aromatic nitrogens is 2. The lowest BCUT2D eigenvalue weighted by Crippen LogP contribution is -2.44. The van der Waals surface area contributed by atoms with Crippen LogP contribution in [-0.2, 0) is 9.59 Å². The van der Waals surface area contributed by atoms with Gasteiger partial charge >= 0.3 is 0 Å². The molecule has 1 N–H and O–H groups in total. The lowest BCUT2D eigenvalue weighted by atomic mass is 9.96. The Hall–Kier alpha value is -1.74. The minimum Gasteiger partial charge on any atom is -0.354 e. The summed E-state index contributed by atoms with van der Waals surface area (Å²) in [6.45, 7) is 7.54. The number of nitrogens with zero attached hydrogens (tertiary/aromatic N) is 5. The normalized spacial score (nSPS) is 24.3. The molecule has 3 fully saturated rings. The molecule has 154 valence electrons. The molecule has 0 radical (unpaired) electrons. The fraction of sp³-hybridized carbons (Fsp3) is 0.789. The molecule has 28 heavy (non-hydrogen) atoms. The Morgan fingerprint density at radius 3 is 2.61 bits per heavy atom. The average molecular weight is 407 g/mol. The Kier molecular flexibility index (Phi) is 6.10. The monoisotopic (exact) mass is 406 g/mol. The number of carbonyl (C=O) groups is 2. The predicted octanol–water partition coefficient (Wildman–Crippen LogP) is 1.48. The van der Waals surface area contributed by atoms with Crippen LogP contribution in [0.2, 0.25) is 0 Å². The van der Waals surface area contributed by atoms with E-state index in [0.717, 1.165) is 63.7 Å². The van der Waals surface area contributed by atoms with Crippen molar-refractivity contribution >= 4 is 33.4 Å². The van der Waals surface area contributed by atoms with Crippen molar-refractivity contribution in [2.75, 3.05) is 49.1 Å². The van der Waals surface area contributed by atoms with Crippen LogP contribution >= 0.6 is 11.3 Å². The van der Waals surface area contributed by atoms with E-state index in [-0.39, 0.29) is 17.7 Å². The summed E-state index contributed by atoms with van der Waals surface area (Å²) in [5.74, 6) is 0.422. The number of nitrogens with one attached hydrogen (secondary N) is 1. The van der Waals surface area contributed by atoms with Crippen LogP contribution in [0.3, 0.4) is 0 Å². The summed E-state index contributed by atoms with van der Waals surface area (Å²) < 4.78 is 0. The third-order valence-corrected chi connectivity index (χ3v) is 7.27. The number of carbonyl (C=O) groups excluding carboxylic acids is 2. The number of likely N-dealkylation sites (tertiary alicyclic amines) is 1. The molecule has 0 saturated carbocycles. The maximum Gasteiger partial charge on any atom is 0.228 e. The second kappa shape index (κ2) is 8.73. The standard InChI is InChI=1S/C19H30N6O2S/c1-2-23-9-3-5-15(23)13-20-17(27)14-7-11-24(12-8-14)18-21-22-19(28-18)25-10-4-6-16(25)26/h14-15H,2-13H2,1H3,(H,20,27)/t15-/m0/s1. The summed E-state index contributed by atoms with van der Waals surface area (Å²) in [5, 5.41) is 13.3. The number of anilines is 2. The summed E-state index contributed by atoms with van der Waals surface area (Å²) in [6, 6.07) is 0.502. The maximum absolute atomic E-state index is 12.6. The van der Waals surface area contributed by atoms with Crippen molar-refractivity contribution < 1.29 is 9.59 Å². The first kappa shape index (κ1) is 19.6. The van der Waals surface area contributed by atoms with Crippen molar-refractivity contribution in [2.45, 2.75) is 51.5 Å². The van der Waals surface area contributed by atoms with Gasteiger partial charge in [-0.2, -0.15) is 0 Å². The lowest BCUT2D eigenvalue weighted by molar-refractivity contribution is -0.125. The molecule has 9 heteroatoms. The van der Waals surface area contributed by atoms with E-state index in [1.807, 2.05) is 0 Å². The molecule has 3 saturated heterocycles. The highest BCUT2D eigenvalue weighted by Gasteiger charge is 2.30. The summed E-state index contributed by atoms with van der Waals surface area (Å²) in [7, 11) is 0. The van der Waals surface area contributed by atoms with Crippen LogP contribution in [0.25, 0.3) is 0 Å². The minimum absolute atomic E-state index is 0.0836. The molecule has 0 aromatic carbocycles. The molecular weight excluding hydrogens is 376 g/mol. The Morgan fingerprint density at radius 1 is 1.11 bits per heavy atom. The Labute approximate surface area is 170 Å². The van der Waals surface area contributed by atoms with Gasteiger partial charge in [-0.15, -0.1) is 10.2 Å². The van der Waals surface area contributed by atoms with Gasteiger partial charge in [0.05, 0.1) is 0 Å². The van der Waals surface area contributed by atoms with Crippen LogP contribution in [0.5, 0.6) is 0 Å². The van der Waals surface area contributed by atoms with Crippen molar-refractivity contribution in [3.05, 3.63) is 0 Å². The van der Waals surface area contributed by atoms with Crippen molar-refractivity contribution in [3.63, 3.8) is 0 Å². The number of rotatable bonds is 6. The molecule has 0 bridgehead atoms. The minimum atomic E-state index is 0.0836. The molecule has 4 rings (SSSR count). The van der Waals surface area contributed by atoms with Crippen molar-refractivity contribution in [1.82, 2.24) is 20.4 Å². The fourth-order valence-corrected chi connectivity index (χ4v) is 5.48. The lowest BCUT2D eigenvalue weighted by Gasteiger charge is -2.31. The SMILES string of the molecule is CCN1CCC[C@H]1CNC(=O)C1CCN(c2nnc(N3CCCC3=O)s2)CC1. The Bertz CT molecular complexity index is 702. The number of likely N-dealkylation sites (N-methyl/N-ethyl adjacent to an activating group) is 1. The van der Waals surface area contributed by atoms with Gasteiger partial charge in [0.2, 0.25) is 22.1 Å². The summed E-state index contributed by atoms with van der Waals surface area (Å²) in [4.78, 5) is 30.9. The van der Waals surface area contributed by atoms with Crippen LogP contribution in [0.15, 0.2) is 0 Å². The van der Waals surface area contributed by atoms with Crippen LogP contribution in [-0.4, -0.2) is 72.2 Å². The third-order valence-electron chi connectivity index (χ3n) is 6.26. The largest absolute Gasteiger partial charge is 0.354 e. The van der Waals surface area contributed by atoms with Gasteiger partial charge in [-0.1, -0.05) is 18.3 Å². The van der Waals surface area contributed by atoms with Gasteiger partial charge in [-0.05, 0) is 45.2 Å². The predicted molar refractivity (Wildman–Crippen MR) is 110 cm³/mol. The van der Waals surface area contributed by atoms with Crippen molar-refractivity contribution in [1.29, 1.82) is 0 Å². The zero-order valence-corrected chi connectivity index (χ0v) is 17.4. The van der Waals surface area contributed by atoms with Crippen LogP contribution in [0.1, 0.15) is 45.4 Å². The van der Waals surface area contributed by atoms with Gasteiger partial charge in [0.25, 0.3) is 0 Å². The first-order chi connectivity index (χ1) is 13.7. The molecule has 1 aromatic rings. The molecule has 8 nitrogen and oxygen atoms in total. The third kappa shape index (κ3) is 4.15. The highest BCUT2D eigenvalue weighted by atomic mass is 32.1. The smallest absolute Gasteiger partial charge is 0.228 e. The number of hydrogen-bond donors (Lipinski definition) is 1. The van der Waals surface area contributed by atoms with Crippen molar-refractivity contribution in [2.24, 2.45) is 5.92 Å². The van der Waals surface area contributed by atoms with E-state index in [4.69, 9.17) is 0 Å². The fourth-order valence-electron chi connectivity index (χ4n) is 4.53. The molecule has 4 heterocycles. The molecule has 1 aromatic heterocycles. The van der Waals surface area contributed by atoms with Gasteiger partial charge in [-0.25, -0.2) is 0 Å². The van der Waals surface area contributed by atoms with Crippen LogP contribution < -0.4 is 15.1 Å². The van der Waals surface area contributed by atoms with Gasteiger partial charge < -0.3 is 10.2 Å². The zero-order valence-electron chi connectivity index (χ0n) is 16.6. The van der Waals surface area contributed by atoms with Gasteiger partial charge in [-0.3, -0.25) is 19.4 Å². The first-order valence-corrected chi connectivity index (χ1v) is 11.4. The first-order valence-electron chi connectivity index (χ1n) is 10.6. The Balaban J connectivity index is 1.25. The second-order valence-corrected chi connectivity index (χ2v) is 8.88. The average Bonchev–Trinajstić information content (AvgIpc) is 3.46. The van der Waals surface area contributed by atoms with E-state index >= 15 is 0 Å². The van der Waals surface area contributed by atoms with Gasteiger partial charge in [0.15, 0.2) is 0 Å². The van der Waals surface area contributed by atoms with E-state index in [9.17, 15) is 9.59 Å². The van der Waals surface area contributed by atoms with E-state index in [2.05, 4.69) is 32.2 Å². The molecule has 3 aliphatic heterocycles. The maximum atomic E-state index is 12.6. The van der Waals surface area contributed by atoms with Crippen LogP contribution in [0.4, 0.5) is 10.3 Å². The Morgan fingerprint density at radius 2 is 1.89 bits per heavy atom. The van der Waals surface area contributed by atoms with E-state index in [0.29, 0.717) is 17.6 Å². The molecular formula is C19H30N6O2S. The number of piperidine rings is 1. The molecule has 0 aliphatic carbocycles. The zero-order chi connectivity index (χ0) is 19.5. The highest BCUT2D eigenvalue weighted by molar-refractivity contribution is 7.19. The highest BCUT2D eigenvalue weighted by Crippen LogP contribution is 2.32. The molecule has 2 amide bonds. The topological polar surface area (TPSA) is 81.7 Å². The van der Waals surface area contributed by atoms with E-state index in [1.54, 1.807) is 4.90 Å².